The van der Waals surface area contributed by atoms with Gasteiger partial charge in [0, 0.05) is 6.07 Å². The molecule has 0 bridgehead atoms. The van der Waals surface area contributed by atoms with Crippen molar-refractivity contribution in [2.24, 2.45) is 0 Å². The summed E-state index contributed by atoms with van der Waals surface area (Å²) < 4.78 is 10.7. The summed E-state index contributed by atoms with van der Waals surface area (Å²) in [6.07, 6.45) is 1.88. The van der Waals surface area contributed by atoms with E-state index >= 15 is 0 Å². The standard InChI is InChI=1S/C12H13N3O2S/c1-16-8-3-5-9(6-4-8)17-11-7-10(13)14-12(15-11)18-2/h3-7H,1-2H3,(H2,13,14,15). The quantitative estimate of drug-likeness (QED) is 0.675. The molecule has 0 radical (unpaired) electrons. The Morgan fingerprint density at radius 3 is 2.39 bits per heavy atom. The third kappa shape index (κ3) is 3.04. The van der Waals surface area contributed by atoms with Crippen LogP contribution in [0, 0.1) is 0 Å². The lowest BCUT2D eigenvalue weighted by atomic mass is 10.3. The second kappa shape index (κ2) is 5.59. The highest BCUT2D eigenvalue weighted by molar-refractivity contribution is 7.98. The summed E-state index contributed by atoms with van der Waals surface area (Å²) in [5, 5.41) is 0.582. The lowest BCUT2D eigenvalue weighted by molar-refractivity contribution is 0.412. The second-order valence-corrected chi connectivity index (χ2v) is 4.17. The summed E-state index contributed by atoms with van der Waals surface area (Å²) in [7, 11) is 1.62. The molecule has 5 nitrogen and oxygen atoms in total. The van der Waals surface area contributed by atoms with Crippen LogP contribution in [0.2, 0.25) is 0 Å². The SMILES string of the molecule is COc1ccc(Oc2cc(N)nc(SC)n2)cc1. The van der Waals surface area contributed by atoms with E-state index in [9.17, 15) is 0 Å². The van der Waals surface area contributed by atoms with E-state index in [0.717, 1.165) is 5.75 Å². The number of aromatic nitrogens is 2. The van der Waals surface area contributed by atoms with Gasteiger partial charge in [0.05, 0.1) is 7.11 Å². The molecule has 6 heteroatoms. The van der Waals surface area contributed by atoms with E-state index < -0.39 is 0 Å². The number of hydrogen-bond acceptors (Lipinski definition) is 6. The predicted octanol–water partition coefficient (Wildman–Crippen LogP) is 2.58. The molecule has 0 saturated carbocycles. The third-order valence-electron chi connectivity index (χ3n) is 2.17. The Bertz CT molecular complexity index is 531. The Morgan fingerprint density at radius 1 is 1.11 bits per heavy atom. The van der Waals surface area contributed by atoms with E-state index in [1.807, 2.05) is 18.4 Å². The van der Waals surface area contributed by atoms with E-state index in [2.05, 4.69) is 9.97 Å². The Balaban J connectivity index is 2.19. The molecule has 2 aromatic rings. The molecule has 0 unspecified atom stereocenters. The molecule has 0 amide bonds. The number of anilines is 1. The minimum Gasteiger partial charge on any atom is -0.497 e. The van der Waals surface area contributed by atoms with Crippen molar-refractivity contribution in [2.75, 3.05) is 19.1 Å². The van der Waals surface area contributed by atoms with Gasteiger partial charge < -0.3 is 15.2 Å². The molecular weight excluding hydrogens is 250 g/mol. The van der Waals surface area contributed by atoms with Crippen molar-refractivity contribution in [2.45, 2.75) is 5.16 Å². The van der Waals surface area contributed by atoms with Crippen LogP contribution in [0.5, 0.6) is 17.4 Å². The topological polar surface area (TPSA) is 70.3 Å². The zero-order valence-corrected chi connectivity index (χ0v) is 10.9. The number of hydrogen-bond donors (Lipinski definition) is 1. The van der Waals surface area contributed by atoms with E-state index in [1.165, 1.54) is 11.8 Å². The van der Waals surface area contributed by atoms with Crippen LogP contribution in [-0.4, -0.2) is 23.3 Å². The molecule has 0 aliphatic carbocycles. The Hall–Kier alpha value is -1.95. The predicted molar refractivity (Wildman–Crippen MR) is 71.3 cm³/mol. The van der Waals surface area contributed by atoms with Gasteiger partial charge in [0.1, 0.15) is 17.3 Å². The Labute approximate surface area is 109 Å². The van der Waals surface area contributed by atoms with Crippen molar-refractivity contribution in [3.8, 4) is 17.4 Å². The maximum atomic E-state index is 5.67. The van der Waals surface area contributed by atoms with Crippen molar-refractivity contribution in [3.63, 3.8) is 0 Å². The van der Waals surface area contributed by atoms with Crippen LogP contribution in [0.25, 0.3) is 0 Å². The van der Waals surface area contributed by atoms with E-state index in [1.54, 1.807) is 25.3 Å². The smallest absolute Gasteiger partial charge is 0.225 e. The highest BCUT2D eigenvalue weighted by atomic mass is 32.2. The minimum absolute atomic E-state index is 0.387. The molecule has 1 heterocycles. The highest BCUT2D eigenvalue weighted by Gasteiger charge is 2.04. The highest BCUT2D eigenvalue weighted by Crippen LogP contribution is 2.24. The third-order valence-corrected chi connectivity index (χ3v) is 2.71. The molecule has 1 aromatic heterocycles. The van der Waals surface area contributed by atoms with Crippen molar-refractivity contribution >= 4 is 17.6 Å². The Kier molecular flexibility index (Phi) is 3.88. The van der Waals surface area contributed by atoms with Crippen LogP contribution in [0.15, 0.2) is 35.5 Å². The largest absolute Gasteiger partial charge is 0.497 e. The number of nitrogen functional groups attached to an aromatic ring is 1. The van der Waals surface area contributed by atoms with Gasteiger partial charge in [0.15, 0.2) is 5.16 Å². The first-order chi connectivity index (χ1) is 8.71. The van der Waals surface area contributed by atoms with Gasteiger partial charge in [0.2, 0.25) is 5.88 Å². The summed E-state index contributed by atoms with van der Waals surface area (Å²) in [5.41, 5.74) is 5.67. The van der Waals surface area contributed by atoms with Crippen molar-refractivity contribution in [1.82, 2.24) is 9.97 Å². The van der Waals surface area contributed by atoms with Gasteiger partial charge in [-0.05, 0) is 30.5 Å². The molecule has 2 N–H and O–H groups in total. The lowest BCUT2D eigenvalue weighted by Gasteiger charge is -2.07. The number of methoxy groups -OCH3 is 1. The maximum Gasteiger partial charge on any atom is 0.225 e. The number of rotatable bonds is 4. The minimum atomic E-state index is 0.387. The lowest BCUT2D eigenvalue weighted by Crippen LogP contribution is -1.97. The molecule has 0 aliphatic rings. The molecule has 2 rings (SSSR count). The molecule has 0 fully saturated rings. The number of benzene rings is 1. The van der Waals surface area contributed by atoms with Gasteiger partial charge >= 0.3 is 0 Å². The molecule has 0 atom stereocenters. The molecular formula is C12H13N3O2S. The number of thioether (sulfide) groups is 1. The van der Waals surface area contributed by atoms with Gasteiger partial charge in [-0.2, -0.15) is 4.98 Å². The maximum absolute atomic E-state index is 5.67. The van der Waals surface area contributed by atoms with Crippen molar-refractivity contribution < 1.29 is 9.47 Å². The van der Waals surface area contributed by atoms with Crippen LogP contribution in [0.4, 0.5) is 5.82 Å². The first kappa shape index (κ1) is 12.5. The van der Waals surface area contributed by atoms with E-state index in [4.69, 9.17) is 15.2 Å². The summed E-state index contributed by atoms with van der Waals surface area (Å²) in [5.74, 6) is 2.25. The summed E-state index contributed by atoms with van der Waals surface area (Å²) in [4.78, 5) is 8.26. The molecule has 0 spiro atoms. The summed E-state index contributed by atoms with van der Waals surface area (Å²) >= 11 is 1.41. The molecule has 0 aliphatic heterocycles. The zero-order valence-electron chi connectivity index (χ0n) is 10.1. The monoisotopic (exact) mass is 263 g/mol. The van der Waals surface area contributed by atoms with Crippen LogP contribution < -0.4 is 15.2 Å². The molecule has 1 aromatic carbocycles. The van der Waals surface area contributed by atoms with Gasteiger partial charge in [0.25, 0.3) is 0 Å². The fourth-order valence-electron chi connectivity index (χ4n) is 1.33. The van der Waals surface area contributed by atoms with Crippen LogP contribution in [-0.2, 0) is 0 Å². The number of ether oxygens (including phenoxy) is 2. The van der Waals surface area contributed by atoms with Crippen molar-refractivity contribution in [1.29, 1.82) is 0 Å². The summed E-state index contributed by atoms with van der Waals surface area (Å²) in [6.45, 7) is 0. The average Bonchev–Trinajstić information content (AvgIpc) is 2.39. The second-order valence-electron chi connectivity index (χ2n) is 3.40. The first-order valence-corrected chi connectivity index (χ1v) is 6.44. The zero-order chi connectivity index (χ0) is 13.0. The van der Waals surface area contributed by atoms with E-state index in [0.29, 0.717) is 22.6 Å². The number of nitrogens with two attached hydrogens (primary N) is 1. The molecule has 0 saturated heterocycles. The summed E-state index contributed by atoms with van der Waals surface area (Å²) in [6, 6.07) is 8.82. The van der Waals surface area contributed by atoms with Crippen molar-refractivity contribution in [3.05, 3.63) is 30.3 Å². The van der Waals surface area contributed by atoms with Gasteiger partial charge in [-0.3, -0.25) is 0 Å². The van der Waals surface area contributed by atoms with Gasteiger partial charge in [-0.25, -0.2) is 4.98 Å². The first-order valence-electron chi connectivity index (χ1n) is 5.21. The average molecular weight is 263 g/mol. The van der Waals surface area contributed by atoms with Crippen LogP contribution >= 0.6 is 11.8 Å². The van der Waals surface area contributed by atoms with Crippen LogP contribution in [0.1, 0.15) is 0 Å². The fraction of sp³-hybridized carbons (Fsp3) is 0.167. The number of nitrogens with zero attached hydrogens (tertiary/aromatic N) is 2. The normalized spacial score (nSPS) is 10.1. The molecule has 18 heavy (non-hydrogen) atoms. The fourth-order valence-corrected chi connectivity index (χ4v) is 1.71. The molecule has 94 valence electrons. The Morgan fingerprint density at radius 2 is 1.78 bits per heavy atom. The van der Waals surface area contributed by atoms with Crippen LogP contribution in [0.3, 0.4) is 0 Å². The van der Waals surface area contributed by atoms with E-state index in [-0.39, 0.29) is 0 Å². The van der Waals surface area contributed by atoms with Gasteiger partial charge in [-0.15, -0.1) is 0 Å². The van der Waals surface area contributed by atoms with Gasteiger partial charge in [-0.1, -0.05) is 11.8 Å².